The molecule has 6 nitrogen and oxygen atoms in total. The van der Waals surface area contributed by atoms with Crippen LogP contribution < -0.4 is 16.0 Å². The first kappa shape index (κ1) is 26.1. The average Bonchev–Trinajstić information content (AvgIpc) is 2.74. The Bertz CT molecular complexity index is 989. The van der Waals surface area contributed by atoms with Crippen molar-refractivity contribution in [2.24, 2.45) is 5.41 Å². The number of nitrogens with one attached hydrogen (secondary N) is 3. The van der Waals surface area contributed by atoms with Gasteiger partial charge in [0.1, 0.15) is 11.6 Å². The summed E-state index contributed by atoms with van der Waals surface area (Å²) < 4.78 is 27.2. The van der Waals surface area contributed by atoms with Gasteiger partial charge in [0.25, 0.3) is 0 Å². The molecule has 1 amide bonds. The molecule has 0 aliphatic carbocycles. The van der Waals surface area contributed by atoms with E-state index in [2.05, 4.69) is 16.0 Å². The summed E-state index contributed by atoms with van der Waals surface area (Å²) in [5.74, 6) is -1.75. The van der Waals surface area contributed by atoms with Crippen LogP contribution >= 0.6 is 0 Å². The minimum Gasteiger partial charge on any atom is -0.390 e. The molecule has 1 unspecified atom stereocenters. The van der Waals surface area contributed by atoms with Crippen LogP contribution in [0.3, 0.4) is 0 Å². The predicted octanol–water partition coefficient (Wildman–Crippen LogP) is 3.60. The van der Waals surface area contributed by atoms with Crippen molar-refractivity contribution in [1.29, 1.82) is 0 Å². The molecular formula is C26H35F2N3O3. The largest absolute Gasteiger partial charge is 0.390 e. The second-order valence-corrected chi connectivity index (χ2v) is 10.1. The Morgan fingerprint density at radius 3 is 2.44 bits per heavy atom. The van der Waals surface area contributed by atoms with E-state index in [0.717, 1.165) is 35.8 Å². The molecule has 5 N–H and O–H groups in total. The second kappa shape index (κ2) is 10.8. The van der Waals surface area contributed by atoms with Gasteiger partial charge in [-0.05, 0) is 59.2 Å². The topological polar surface area (TPSA) is 93.6 Å². The quantitative estimate of drug-likeness (QED) is 0.402. The molecule has 0 spiro atoms. The van der Waals surface area contributed by atoms with E-state index in [1.807, 2.05) is 39.0 Å². The number of hydrogen-bond acceptors (Lipinski definition) is 5. The van der Waals surface area contributed by atoms with Gasteiger partial charge in [0.2, 0.25) is 5.91 Å². The lowest BCUT2D eigenvalue weighted by atomic mass is 9.83. The number of aliphatic hydroxyl groups excluding tert-OH is 2. The van der Waals surface area contributed by atoms with Crippen molar-refractivity contribution < 1.29 is 23.8 Å². The number of carbonyl (C=O) groups is 1. The van der Waals surface area contributed by atoms with Crippen molar-refractivity contribution in [1.82, 2.24) is 10.6 Å². The maximum Gasteiger partial charge on any atom is 0.217 e. The Morgan fingerprint density at radius 2 is 1.82 bits per heavy atom. The van der Waals surface area contributed by atoms with Gasteiger partial charge >= 0.3 is 0 Å². The summed E-state index contributed by atoms with van der Waals surface area (Å²) in [5, 5.41) is 31.0. The fourth-order valence-corrected chi connectivity index (χ4v) is 4.35. The van der Waals surface area contributed by atoms with E-state index >= 15 is 0 Å². The molecule has 4 atom stereocenters. The third-order valence-corrected chi connectivity index (χ3v) is 6.14. The monoisotopic (exact) mass is 475 g/mol. The van der Waals surface area contributed by atoms with Crippen LogP contribution in [0.15, 0.2) is 36.4 Å². The van der Waals surface area contributed by atoms with Crippen molar-refractivity contribution in [3.8, 4) is 0 Å². The molecule has 0 aromatic heterocycles. The number of halogens is 2. The molecule has 1 aliphatic rings. The van der Waals surface area contributed by atoms with Crippen molar-refractivity contribution >= 4 is 11.6 Å². The number of rotatable bonds is 8. The van der Waals surface area contributed by atoms with Crippen molar-refractivity contribution in [3.63, 3.8) is 0 Å². The molecule has 34 heavy (non-hydrogen) atoms. The first-order valence-corrected chi connectivity index (χ1v) is 11.6. The van der Waals surface area contributed by atoms with E-state index < -0.39 is 29.9 Å². The SMILES string of the molecule is CC(=O)N[C@@H](Cc1cc(F)cc(F)c1)[C@@H](O)CN[C@H]1CCNc2ccc(C(O)C(C)(C)C)cc21. The van der Waals surface area contributed by atoms with Gasteiger partial charge in [-0.1, -0.05) is 26.8 Å². The number of hydrogen-bond donors (Lipinski definition) is 5. The molecule has 2 aromatic carbocycles. The summed E-state index contributed by atoms with van der Waals surface area (Å²) in [7, 11) is 0. The van der Waals surface area contributed by atoms with Gasteiger partial charge in [-0.2, -0.15) is 0 Å². The highest BCUT2D eigenvalue weighted by Gasteiger charge is 2.28. The van der Waals surface area contributed by atoms with Gasteiger partial charge in [0.05, 0.1) is 18.2 Å². The normalized spacial score (nSPS) is 18.4. The summed E-state index contributed by atoms with van der Waals surface area (Å²) in [5.41, 5.74) is 2.84. The molecule has 2 aromatic rings. The number of benzene rings is 2. The molecule has 0 bridgehead atoms. The number of fused-ring (bicyclic) bond motifs is 1. The van der Waals surface area contributed by atoms with Gasteiger partial charge in [-0.25, -0.2) is 8.78 Å². The molecule has 1 aliphatic heterocycles. The zero-order chi connectivity index (χ0) is 25.0. The Balaban J connectivity index is 1.73. The minimum atomic E-state index is -0.989. The zero-order valence-electron chi connectivity index (χ0n) is 20.2. The first-order chi connectivity index (χ1) is 15.9. The summed E-state index contributed by atoms with van der Waals surface area (Å²) in [4.78, 5) is 11.7. The number of aliphatic hydroxyl groups is 2. The number of anilines is 1. The highest BCUT2D eigenvalue weighted by Crippen LogP contribution is 2.37. The first-order valence-electron chi connectivity index (χ1n) is 11.6. The molecule has 8 heteroatoms. The molecule has 186 valence electrons. The van der Waals surface area contributed by atoms with Crippen LogP contribution in [0.4, 0.5) is 14.5 Å². The van der Waals surface area contributed by atoms with Crippen LogP contribution in [0.25, 0.3) is 0 Å². The summed E-state index contributed by atoms with van der Waals surface area (Å²) in [6, 6.07) is 8.26. The molecule has 0 saturated heterocycles. The fourth-order valence-electron chi connectivity index (χ4n) is 4.35. The predicted molar refractivity (Wildman–Crippen MR) is 128 cm³/mol. The fraction of sp³-hybridized carbons (Fsp3) is 0.500. The van der Waals surface area contributed by atoms with Crippen LogP contribution in [-0.4, -0.2) is 41.4 Å². The maximum atomic E-state index is 13.6. The van der Waals surface area contributed by atoms with E-state index in [0.29, 0.717) is 5.56 Å². The van der Waals surface area contributed by atoms with Crippen LogP contribution in [0.5, 0.6) is 0 Å². The third kappa shape index (κ3) is 6.74. The maximum absolute atomic E-state index is 13.6. The Hall–Kier alpha value is -2.55. The summed E-state index contributed by atoms with van der Waals surface area (Å²) >= 11 is 0. The van der Waals surface area contributed by atoms with Gasteiger partial charge < -0.3 is 26.2 Å². The van der Waals surface area contributed by atoms with E-state index in [1.54, 1.807) is 0 Å². The highest BCUT2D eigenvalue weighted by atomic mass is 19.1. The summed E-state index contributed by atoms with van der Waals surface area (Å²) in [6.45, 7) is 8.19. The lowest BCUT2D eigenvalue weighted by Crippen LogP contribution is -2.48. The van der Waals surface area contributed by atoms with E-state index in [4.69, 9.17) is 0 Å². The lowest BCUT2D eigenvalue weighted by molar-refractivity contribution is -0.120. The van der Waals surface area contributed by atoms with Crippen molar-refractivity contribution in [3.05, 3.63) is 64.7 Å². The van der Waals surface area contributed by atoms with Gasteiger partial charge in [-0.15, -0.1) is 0 Å². The molecule has 1 heterocycles. The average molecular weight is 476 g/mol. The van der Waals surface area contributed by atoms with Crippen LogP contribution in [-0.2, 0) is 11.2 Å². The number of amides is 1. The summed E-state index contributed by atoms with van der Waals surface area (Å²) in [6.07, 6.45) is -0.755. The van der Waals surface area contributed by atoms with Crippen LogP contribution in [0.2, 0.25) is 0 Å². The second-order valence-electron chi connectivity index (χ2n) is 10.1. The lowest BCUT2D eigenvalue weighted by Gasteiger charge is -2.32. The molecular weight excluding hydrogens is 440 g/mol. The van der Waals surface area contributed by atoms with Gasteiger partial charge in [0.15, 0.2) is 0 Å². The molecule has 0 fully saturated rings. The third-order valence-electron chi connectivity index (χ3n) is 6.14. The highest BCUT2D eigenvalue weighted by molar-refractivity contribution is 5.73. The van der Waals surface area contributed by atoms with Gasteiger partial charge in [-0.3, -0.25) is 4.79 Å². The standard InChI is InChI=1S/C26H35F2N3O3/c1-15(32)31-23(11-16-9-18(27)13-19(28)10-16)24(33)14-30-22-7-8-29-21-6-5-17(12-20(21)22)25(34)26(2,3)4/h5-6,9-10,12-13,22-25,29-30,33-34H,7-8,11,14H2,1-4H3,(H,31,32)/t22-,23-,24-,25?/m0/s1. The minimum absolute atomic E-state index is 0.0670. The number of carbonyl (C=O) groups excluding carboxylic acids is 1. The van der Waals surface area contributed by atoms with Crippen LogP contribution in [0.1, 0.15) is 63.0 Å². The molecule has 0 radical (unpaired) electrons. The van der Waals surface area contributed by atoms with Crippen molar-refractivity contribution in [2.45, 2.75) is 64.8 Å². The Morgan fingerprint density at radius 1 is 1.15 bits per heavy atom. The van der Waals surface area contributed by atoms with Crippen LogP contribution in [0, 0.1) is 17.0 Å². The smallest absolute Gasteiger partial charge is 0.217 e. The van der Waals surface area contributed by atoms with E-state index in [9.17, 15) is 23.8 Å². The van der Waals surface area contributed by atoms with E-state index in [-0.39, 0.29) is 30.3 Å². The van der Waals surface area contributed by atoms with Crippen molar-refractivity contribution in [2.75, 3.05) is 18.4 Å². The van der Waals surface area contributed by atoms with Gasteiger partial charge in [0, 0.05) is 37.8 Å². The molecule has 0 saturated carbocycles. The Labute approximate surface area is 199 Å². The molecule has 3 rings (SSSR count). The Kier molecular flexibility index (Phi) is 8.28. The zero-order valence-corrected chi connectivity index (χ0v) is 20.2. The van der Waals surface area contributed by atoms with E-state index in [1.165, 1.54) is 19.1 Å².